The lowest BCUT2D eigenvalue weighted by Crippen LogP contribution is -2.07. The van der Waals surface area contributed by atoms with Crippen LogP contribution in [-0.4, -0.2) is 6.54 Å². The minimum atomic E-state index is 0.786. The summed E-state index contributed by atoms with van der Waals surface area (Å²) in [7, 11) is 0. The second-order valence-electron chi connectivity index (χ2n) is 3.71. The highest BCUT2D eigenvalue weighted by Crippen LogP contribution is 2.62. The SMILES string of the molecule is NC[C@@H]1CC12CCCC2. The molecule has 0 aromatic heterocycles. The molecule has 1 nitrogen and oxygen atoms in total. The van der Waals surface area contributed by atoms with Crippen LogP contribution in [0.4, 0.5) is 0 Å². The molecule has 1 atom stereocenters. The van der Waals surface area contributed by atoms with E-state index in [2.05, 4.69) is 0 Å². The Morgan fingerprint density at radius 3 is 2.44 bits per heavy atom. The zero-order valence-electron chi connectivity index (χ0n) is 5.90. The van der Waals surface area contributed by atoms with E-state index in [0.29, 0.717) is 0 Å². The van der Waals surface area contributed by atoms with Crippen molar-refractivity contribution in [3.63, 3.8) is 0 Å². The Bertz CT molecular complexity index is 114. The van der Waals surface area contributed by atoms with Crippen LogP contribution in [0.3, 0.4) is 0 Å². The predicted molar refractivity (Wildman–Crippen MR) is 38.1 cm³/mol. The molecule has 1 heteroatoms. The number of hydrogen-bond donors (Lipinski definition) is 1. The molecule has 2 aliphatic rings. The van der Waals surface area contributed by atoms with Gasteiger partial charge in [0, 0.05) is 0 Å². The Morgan fingerprint density at radius 2 is 2.00 bits per heavy atom. The van der Waals surface area contributed by atoms with Gasteiger partial charge < -0.3 is 5.73 Å². The van der Waals surface area contributed by atoms with Crippen LogP contribution in [-0.2, 0) is 0 Å². The maximum Gasteiger partial charge on any atom is -0.00433 e. The van der Waals surface area contributed by atoms with Gasteiger partial charge in [0.25, 0.3) is 0 Å². The van der Waals surface area contributed by atoms with Crippen LogP contribution in [0.25, 0.3) is 0 Å². The molecular weight excluding hydrogens is 110 g/mol. The molecule has 0 unspecified atom stereocenters. The normalized spacial score (nSPS) is 37.7. The fourth-order valence-electron chi connectivity index (χ4n) is 2.46. The average molecular weight is 125 g/mol. The molecule has 2 N–H and O–H groups in total. The van der Waals surface area contributed by atoms with E-state index in [4.69, 9.17) is 5.73 Å². The number of hydrogen-bond acceptors (Lipinski definition) is 1. The summed E-state index contributed by atoms with van der Waals surface area (Å²) in [4.78, 5) is 0. The Kier molecular flexibility index (Phi) is 1.10. The Labute approximate surface area is 56.6 Å². The first-order chi connectivity index (χ1) is 4.37. The maximum absolute atomic E-state index is 5.59. The van der Waals surface area contributed by atoms with Crippen molar-refractivity contribution in [2.75, 3.05) is 6.54 Å². The van der Waals surface area contributed by atoms with E-state index in [1.807, 2.05) is 0 Å². The summed E-state index contributed by atoms with van der Waals surface area (Å²) in [6, 6.07) is 0. The van der Waals surface area contributed by atoms with Gasteiger partial charge in [-0.1, -0.05) is 12.8 Å². The van der Waals surface area contributed by atoms with E-state index in [1.54, 1.807) is 0 Å². The fraction of sp³-hybridized carbons (Fsp3) is 1.00. The van der Waals surface area contributed by atoms with Crippen molar-refractivity contribution < 1.29 is 0 Å². The second kappa shape index (κ2) is 1.72. The van der Waals surface area contributed by atoms with Crippen molar-refractivity contribution in [2.45, 2.75) is 32.1 Å². The fourth-order valence-corrected chi connectivity index (χ4v) is 2.46. The third kappa shape index (κ3) is 0.710. The molecular formula is C8H15N. The molecule has 2 aliphatic carbocycles. The lowest BCUT2D eigenvalue weighted by atomic mass is 10.0. The molecule has 0 amide bonds. The van der Waals surface area contributed by atoms with Crippen LogP contribution in [0.15, 0.2) is 0 Å². The smallest absolute Gasteiger partial charge is 0.00433 e. The summed E-state index contributed by atoms with van der Waals surface area (Å²) in [5, 5.41) is 0. The van der Waals surface area contributed by atoms with E-state index in [-0.39, 0.29) is 0 Å². The monoisotopic (exact) mass is 125 g/mol. The van der Waals surface area contributed by atoms with Gasteiger partial charge in [0.05, 0.1) is 0 Å². The Morgan fingerprint density at radius 1 is 1.33 bits per heavy atom. The predicted octanol–water partition coefficient (Wildman–Crippen LogP) is 1.53. The summed E-state index contributed by atoms with van der Waals surface area (Å²) >= 11 is 0. The topological polar surface area (TPSA) is 26.0 Å². The minimum absolute atomic E-state index is 0.786. The van der Waals surface area contributed by atoms with Crippen LogP contribution in [0.1, 0.15) is 32.1 Å². The van der Waals surface area contributed by atoms with Crippen LogP contribution in [0.2, 0.25) is 0 Å². The summed E-state index contributed by atoms with van der Waals surface area (Å²) in [5.74, 6) is 0.917. The van der Waals surface area contributed by atoms with Crippen molar-refractivity contribution in [1.82, 2.24) is 0 Å². The first kappa shape index (κ1) is 5.72. The molecule has 0 saturated heterocycles. The van der Waals surface area contributed by atoms with Gasteiger partial charge in [-0.15, -0.1) is 0 Å². The van der Waals surface area contributed by atoms with E-state index in [9.17, 15) is 0 Å². The molecule has 2 saturated carbocycles. The second-order valence-corrected chi connectivity index (χ2v) is 3.71. The van der Waals surface area contributed by atoms with Crippen LogP contribution < -0.4 is 5.73 Å². The van der Waals surface area contributed by atoms with Gasteiger partial charge >= 0.3 is 0 Å². The standard InChI is InChI=1S/C8H15N/c9-6-7-5-8(7)3-1-2-4-8/h7H,1-6,9H2/t7-/m0/s1. The molecule has 0 aromatic carbocycles. The first-order valence-electron chi connectivity index (χ1n) is 4.07. The average Bonchev–Trinajstić information content (AvgIpc) is 2.30. The Hall–Kier alpha value is -0.0400. The zero-order chi connectivity index (χ0) is 6.32. The summed E-state index contributed by atoms with van der Waals surface area (Å²) < 4.78 is 0. The Balaban J connectivity index is 1.97. The third-order valence-electron chi connectivity index (χ3n) is 3.24. The van der Waals surface area contributed by atoms with E-state index in [0.717, 1.165) is 17.9 Å². The molecule has 2 rings (SSSR count). The van der Waals surface area contributed by atoms with Crippen molar-refractivity contribution >= 4 is 0 Å². The quantitative estimate of drug-likeness (QED) is 0.565. The first-order valence-corrected chi connectivity index (χ1v) is 4.07. The van der Waals surface area contributed by atoms with Gasteiger partial charge in [0.2, 0.25) is 0 Å². The van der Waals surface area contributed by atoms with Crippen molar-refractivity contribution in [3.8, 4) is 0 Å². The van der Waals surface area contributed by atoms with E-state index in [1.165, 1.54) is 32.1 Å². The molecule has 0 heterocycles. The summed E-state index contributed by atoms with van der Waals surface area (Å²) in [6.45, 7) is 0.944. The molecule has 0 radical (unpaired) electrons. The molecule has 0 aliphatic heterocycles. The maximum atomic E-state index is 5.59. The van der Waals surface area contributed by atoms with Gasteiger partial charge in [-0.3, -0.25) is 0 Å². The molecule has 1 spiro atoms. The molecule has 0 bridgehead atoms. The number of rotatable bonds is 1. The van der Waals surface area contributed by atoms with Gasteiger partial charge in [-0.25, -0.2) is 0 Å². The van der Waals surface area contributed by atoms with Crippen molar-refractivity contribution in [3.05, 3.63) is 0 Å². The molecule has 0 aromatic rings. The van der Waals surface area contributed by atoms with Gasteiger partial charge in [0.1, 0.15) is 0 Å². The lowest BCUT2D eigenvalue weighted by Gasteiger charge is -2.04. The highest BCUT2D eigenvalue weighted by atomic mass is 14.7. The molecule has 2 fully saturated rings. The van der Waals surface area contributed by atoms with Gasteiger partial charge in [-0.05, 0) is 37.1 Å². The lowest BCUT2D eigenvalue weighted by molar-refractivity contribution is 0.474. The highest BCUT2D eigenvalue weighted by Gasteiger charge is 2.53. The molecule has 52 valence electrons. The van der Waals surface area contributed by atoms with Crippen LogP contribution >= 0.6 is 0 Å². The third-order valence-corrected chi connectivity index (χ3v) is 3.24. The minimum Gasteiger partial charge on any atom is -0.330 e. The summed E-state index contributed by atoms with van der Waals surface area (Å²) in [6.07, 6.45) is 7.35. The summed E-state index contributed by atoms with van der Waals surface area (Å²) in [5.41, 5.74) is 6.37. The van der Waals surface area contributed by atoms with Crippen molar-refractivity contribution in [1.29, 1.82) is 0 Å². The molecule has 9 heavy (non-hydrogen) atoms. The van der Waals surface area contributed by atoms with Crippen LogP contribution in [0, 0.1) is 11.3 Å². The van der Waals surface area contributed by atoms with Crippen molar-refractivity contribution in [2.24, 2.45) is 17.1 Å². The van der Waals surface area contributed by atoms with Gasteiger partial charge in [0.15, 0.2) is 0 Å². The zero-order valence-corrected chi connectivity index (χ0v) is 5.90. The van der Waals surface area contributed by atoms with Gasteiger partial charge in [-0.2, -0.15) is 0 Å². The van der Waals surface area contributed by atoms with E-state index >= 15 is 0 Å². The number of nitrogens with two attached hydrogens (primary N) is 1. The van der Waals surface area contributed by atoms with E-state index < -0.39 is 0 Å². The largest absolute Gasteiger partial charge is 0.330 e. The van der Waals surface area contributed by atoms with Crippen LogP contribution in [0.5, 0.6) is 0 Å². The highest BCUT2D eigenvalue weighted by molar-refractivity contribution is 5.04.